The molecule has 0 radical (unpaired) electrons. The van der Waals surface area contributed by atoms with Gasteiger partial charge in [-0.25, -0.2) is 8.42 Å². The molecule has 41 heavy (non-hydrogen) atoms. The van der Waals surface area contributed by atoms with Crippen molar-refractivity contribution in [3.05, 3.63) is 90.0 Å². The van der Waals surface area contributed by atoms with Crippen molar-refractivity contribution in [2.75, 3.05) is 24.0 Å². The molecule has 0 unspecified atom stereocenters. The molecule has 3 aromatic rings. The Balaban J connectivity index is 1.98. The number of amides is 2. The largest absolute Gasteiger partial charge is 0.494 e. The summed E-state index contributed by atoms with van der Waals surface area (Å²) in [4.78, 5) is 28.6. The minimum atomic E-state index is -4.12. The van der Waals surface area contributed by atoms with E-state index in [9.17, 15) is 18.0 Å². The summed E-state index contributed by atoms with van der Waals surface area (Å²) in [6, 6.07) is 21.9. The molecule has 0 aromatic heterocycles. The lowest BCUT2D eigenvalue weighted by atomic mass is 10.1. The molecular weight excluding hydrogens is 538 g/mol. The van der Waals surface area contributed by atoms with E-state index in [2.05, 4.69) is 5.32 Å². The molecule has 0 heterocycles. The molecule has 1 N–H and O–H groups in total. The first-order valence-corrected chi connectivity index (χ1v) is 15.5. The van der Waals surface area contributed by atoms with Gasteiger partial charge in [-0.1, -0.05) is 55.0 Å². The Bertz CT molecular complexity index is 1380. The molecule has 0 saturated heterocycles. The van der Waals surface area contributed by atoms with Crippen LogP contribution in [0.15, 0.2) is 83.8 Å². The van der Waals surface area contributed by atoms with Crippen LogP contribution in [0.25, 0.3) is 0 Å². The van der Waals surface area contributed by atoms with Crippen molar-refractivity contribution in [3.8, 4) is 5.75 Å². The fourth-order valence-electron chi connectivity index (χ4n) is 4.28. The van der Waals surface area contributed by atoms with Crippen LogP contribution in [-0.2, 0) is 26.0 Å². The number of carbonyl (C=O) groups is 2. The number of nitrogens with zero attached hydrogens (tertiary/aromatic N) is 2. The van der Waals surface area contributed by atoms with Crippen LogP contribution in [0.2, 0.25) is 0 Å². The summed E-state index contributed by atoms with van der Waals surface area (Å²) >= 11 is 0. The van der Waals surface area contributed by atoms with Crippen molar-refractivity contribution in [2.45, 2.75) is 64.4 Å². The topological polar surface area (TPSA) is 96.0 Å². The van der Waals surface area contributed by atoms with Crippen molar-refractivity contribution in [3.63, 3.8) is 0 Å². The molecule has 0 saturated carbocycles. The van der Waals surface area contributed by atoms with E-state index in [4.69, 9.17) is 4.74 Å². The van der Waals surface area contributed by atoms with E-state index in [1.165, 1.54) is 17.0 Å². The number of nitrogens with one attached hydrogen (secondary N) is 1. The average Bonchev–Trinajstić information content (AvgIpc) is 2.97. The van der Waals surface area contributed by atoms with Gasteiger partial charge in [0.05, 0.1) is 17.2 Å². The van der Waals surface area contributed by atoms with Crippen LogP contribution in [0.3, 0.4) is 0 Å². The minimum Gasteiger partial charge on any atom is -0.494 e. The summed E-state index contributed by atoms with van der Waals surface area (Å²) in [5, 5.41) is 2.95. The molecule has 0 fully saturated rings. The molecular formula is C32H41N3O5S. The van der Waals surface area contributed by atoms with Crippen molar-refractivity contribution in [1.29, 1.82) is 0 Å². The van der Waals surface area contributed by atoms with E-state index < -0.39 is 28.5 Å². The van der Waals surface area contributed by atoms with E-state index >= 15 is 0 Å². The number of rotatable bonds is 14. The number of hydrogen-bond donors (Lipinski definition) is 1. The number of aryl methyl sites for hydroxylation is 1. The number of carbonyl (C=O) groups excluding carboxylic acids is 2. The Morgan fingerprint density at radius 2 is 1.54 bits per heavy atom. The number of benzene rings is 3. The maximum Gasteiger partial charge on any atom is 0.264 e. The molecule has 0 spiro atoms. The normalized spacial score (nSPS) is 12.7. The van der Waals surface area contributed by atoms with E-state index in [0.29, 0.717) is 24.5 Å². The smallest absolute Gasteiger partial charge is 0.264 e. The van der Waals surface area contributed by atoms with E-state index in [-0.39, 0.29) is 23.4 Å². The SMILES string of the molecule is CCOc1ccc(N(CC(=O)N(CCc2ccccc2)[C@H](C)C(=O)N[C@@H](C)CC)S(=O)(=O)c2ccc(C)cc2)cc1. The fraction of sp³-hybridized carbons (Fsp3) is 0.375. The second-order valence-electron chi connectivity index (χ2n) is 10.1. The van der Waals surface area contributed by atoms with Gasteiger partial charge in [0.2, 0.25) is 11.8 Å². The van der Waals surface area contributed by atoms with Gasteiger partial charge in [0, 0.05) is 12.6 Å². The van der Waals surface area contributed by atoms with Crippen LogP contribution < -0.4 is 14.4 Å². The zero-order valence-corrected chi connectivity index (χ0v) is 25.4. The lowest BCUT2D eigenvalue weighted by molar-refractivity contribution is -0.139. The van der Waals surface area contributed by atoms with E-state index in [0.717, 1.165) is 21.9 Å². The van der Waals surface area contributed by atoms with Gasteiger partial charge < -0.3 is 15.0 Å². The maximum atomic E-state index is 14.0. The highest BCUT2D eigenvalue weighted by atomic mass is 32.2. The van der Waals surface area contributed by atoms with Gasteiger partial charge in [0.1, 0.15) is 18.3 Å². The van der Waals surface area contributed by atoms with Crippen molar-refractivity contribution < 1.29 is 22.7 Å². The molecule has 2 atom stereocenters. The highest BCUT2D eigenvalue weighted by molar-refractivity contribution is 7.92. The first-order chi connectivity index (χ1) is 19.6. The van der Waals surface area contributed by atoms with Crippen LogP contribution in [0, 0.1) is 6.92 Å². The Morgan fingerprint density at radius 1 is 0.902 bits per heavy atom. The zero-order chi connectivity index (χ0) is 30.0. The van der Waals surface area contributed by atoms with Gasteiger partial charge in [-0.05, 0) is 82.5 Å². The molecule has 220 valence electrons. The molecule has 0 bridgehead atoms. The van der Waals surface area contributed by atoms with E-state index in [1.807, 2.05) is 58.0 Å². The zero-order valence-electron chi connectivity index (χ0n) is 24.5. The van der Waals surface area contributed by atoms with Gasteiger partial charge in [0.25, 0.3) is 10.0 Å². The van der Waals surface area contributed by atoms with Crippen LogP contribution in [0.4, 0.5) is 5.69 Å². The summed E-state index contributed by atoms with van der Waals surface area (Å²) in [5.74, 6) is -0.165. The first-order valence-electron chi connectivity index (χ1n) is 14.0. The first kappa shape index (κ1) is 31.7. The minimum absolute atomic E-state index is 0.0571. The van der Waals surface area contributed by atoms with Crippen LogP contribution in [0.1, 0.15) is 45.2 Å². The average molecular weight is 580 g/mol. The molecule has 8 nitrogen and oxygen atoms in total. The highest BCUT2D eigenvalue weighted by Gasteiger charge is 2.32. The monoisotopic (exact) mass is 579 g/mol. The standard InChI is InChI=1S/C32H41N3O5S/c1-6-25(4)33-32(37)26(5)34(22-21-27-11-9-8-10-12-27)31(36)23-35(28-15-17-29(18-16-28)40-7-2)41(38,39)30-19-13-24(3)14-20-30/h8-20,25-26H,6-7,21-23H2,1-5H3,(H,33,37)/t25-,26+/m0/s1. The van der Waals surface area contributed by atoms with Crippen molar-refractivity contribution in [2.24, 2.45) is 0 Å². The fourth-order valence-corrected chi connectivity index (χ4v) is 5.69. The third kappa shape index (κ3) is 8.57. The number of ether oxygens (including phenoxy) is 1. The lowest BCUT2D eigenvalue weighted by Crippen LogP contribution is -2.53. The van der Waals surface area contributed by atoms with E-state index in [1.54, 1.807) is 43.3 Å². The van der Waals surface area contributed by atoms with Gasteiger partial charge in [-0.2, -0.15) is 0 Å². The number of hydrogen-bond acceptors (Lipinski definition) is 5. The molecule has 0 aliphatic carbocycles. The van der Waals surface area contributed by atoms with Crippen molar-refractivity contribution >= 4 is 27.5 Å². The number of anilines is 1. The Labute approximate surface area is 244 Å². The van der Waals surface area contributed by atoms with Gasteiger partial charge in [-0.3, -0.25) is 13.9 Å². The predicted octanol–water partition coefficient (Wildman–Crippen LogP) is 4.96. The quantitative estimate of drug-likeness (QED) is 0.291. The summed E-state index contributed by atoms with van der Waals surface area (Å²) in [7, 11) is -4.12. The summed E-state index contributed by atoms with van der Waals surface area (Å²) in [6.07, 6.45) is 1.26. The molecule has 0 aliphatic rings. The molecule has 0 aliphatic heterocycles. The predicted molar refractivity (Wildman–Crippen MR) is 163 cm³/mol. The summed E-state index contributed by atoms with van der Waals surface area (Å²) < 4.78 is 34.5. The van der Waals surface area contributed by atoms with Gasteiger partial charge in [-0.15, -0.1) is 0 Å². The maximum absolute atomic E-state index is 14.0. The molecule has 3 rings (SSSR count). The number of sulfonamides is 1. The second-order valence-corrected chi connectivity index (χ2v) is 11.9. The second kappa shape index (κ2) is 14.7. The highest BCUT2D eigenvalue weighted by Crippen LogP contribution is 2.26. The molecule has 3 aromatic carbocycles. The Kier molecular flexibility index (Phi) is 11.3. The summed E-state index contributed by atoms with van der Waals surface area (Å²) in [6.45, 7) is 9.54. The lowest BCUT2D eigenvalue weighted by Gasteiger charge is -2.32. The third-order valence-corrected chi connectivity index (χ3v) is 8.76. The molecule has 9 heteroatoms. The van der Waals surface area contributed by atoms with Gasteiger partial charge >= 0.3 is 0 Å². The molecule has 2 amide bonds. The Morgan fingerprint density at radius 3 is 2.12 bits per heavy atom. The van der Waals surface area contributed by atoms with Crippen molar-refractivity contribution in [1.82, 2.24) is 10.2 Å². The summed E-state index contributed by atoms with van der Waals surface area (Å²) in [5.41, 5.74) is 2.25. The Hall–Kier alpha value is -3.85. The van der Waals surface area contributed by atoms with Gasteiger partial charge in [0.15, 0.2) is 0 Å². The van der Waals surface area contributed by atoms with Crippen LogP contribution in [-0.4, -0.2) is 56.9 Å². The van der Waals surface area contributed by atoms with Crippen LogP contribution >= 0.6 is 0 Å². The third-order valence-electron chi connectivity index (χ3n) is 6.98. The van der Waals surface area contributed by atoms with Crippen LogP contribution in [0.5, 0.6) is 5.75 Å².